The molecule has 1 aliphatic rings. The molecule has 0 atom stereocenters. The molecule has 3 aromatic rings. The zero-order chi connectivity index (χ0) is 18.9. The lowest BCUT2D eigenvalue weighted by Gasteiger charge is -2.18. The SMILES string of the molecule is O=C(Nc1cnn(S(=O)(=O)c2ccc3c(c2)OCCO3)c1)c1ccccn1. The lowest BCUT2D eigenvalue weighted by atomic mass is 10.3. The Kier molecular flexibility index (Phi) is 4.24. The van der Waals surface area contributed by atoms with Crippen LogP contribution in [0.25, 0.3) is 0 Å². The van der Waals surface area contributed by atoms with E-state index in [9.17, 15) is 13.2 Å². The number of hydrogen-bond acceptors (Lipinski definition) is 7. The van der Waals surface area contributed by atoms with Gasteiger partial charge in [-0.25, -0.2) is 0 Å². The highest BCUT2D eigenvalue weighted by molar-refractivity contribution is 7.89. The Labute approximate surface area is 154 Å². The van der Waals surface area contributed by atoms with Gasteiger partial charge in [0.05, 0.1) is 23.0 Å². The van der Waals surface area contributed by atoms with Gasteiger partial charge in [0, 0.05) is 12.3 Å². The van der Waals surface area contributed by atoms with E-state index in [1.165, 1.54) is 36.8 Å². The number of benzene rings is 1. The molecule has 1 amide bonds. The molecule has 1 N–H and O–H groups in total. The van der Waals surface area contributed by atoms with Gasteiger partial charge >= 0.3 is 0 Å². The number of hydrogen-bond donors (Lipinski definition) is 1. The van der Waals surface area contributed by atoms with Crippen LogP contribution < -0.4 is 14.8 Å². The van der Waals surface area contributed by atoms with Crippen molar-refractivity contribution in [1.29, 1.82) is 0 Å². The van der Waals surface area contributed by atoms with Gasteiger partial charge < -0.3 is 14.8 Å². The van der Waals surface area contributed by atoms with Crippen LogP contribution in [0.2, 0.25) is 0 Å². The zero-order valence-corrected chi connectivity index (χ0v) is 14.7. The van der Waals surface area contributed by atoms with E-state index in [1.54, 1.807) is 18.2 Å². The highest BCUT2D eigenvalue weighted by Gasteiger charge is 2.22. The van der Waals surface area contributed by atoms with E-state index in [4.69, 9.17) is 9.47 Å². The van der Waals surface area contributed by atoms with Gasteiger partial charge in [0.1, 0.15) is 18.9 Å². The van der Waals surface area contributed by atoms with Crippen molar-refractivity contribution in [2.75, 3.05) is 18.5 Å². The first-order valence-electron chi connectivity index (χ1n) is 7.96. The lowest BCUT2D eigenvalue weighted by molar-refractivity contribution is 0.102. The molecule has 1 aromatic carbocycles. The van der Waals surface area contributed by atoms with Crippen LogP contribution in [0.15, 0.2) is 59.9 Å². The van der Waals surface area contributed by atoms with Crippen LogP contribution in [-0.2, 0) is 10.0 Å². The van der Waals surface area contributed by atoms with E-state index in [-0.39, 0.29) is 16.3 Å². The van der Waals surface area contributed by atoms with Gasteiger partial charge in [-0.1, -0.05) is 6.07 Å². The second-order valence-electron chi connectivity index (χ2n) is 5.58. The molecule has 0 aliphatic carbocycles. The van der Waals surface area contributed by atoms with Crippen LogP contribution >= 0.6 is 0 Å². The Hall–Kier alpha value is -3.40. The van der Waals surface area contributed by atoms with Crippen LogP contribution in [0.1, 0.15) is 10.5 Å². The quantitative estimate of drug-likeness (QED) is 0.724. The molecule has 0 saturated carbocycles. The summed E-state index contributed by atoms with van der Waals surface area (Å²) in [6.45, 7) is 0.763. The largest absolute Gasteiger partial charge is 0.486 e. The maximum Gasteiger partial charge on any atom is 0.283 e. The fourth-order valence-electron chi connectivity index (χ4n) is 2.49. The first-order chi connectivity index (χ1) is 13.0. The average molecular weight is 386 g/mol. The van der Waals surface area contributed by atoms with Crippen LogP contribution in [0.3, 0.4) is 0 Å². The predicted octanol–water partition coefficient (Wildman–Crippen LogP) is 1.54. The number of anilines is 1. The van der Waals surface area contributed by atoms with Gasteiger partial charge in [0.2, 0.25) is 0 Å². The van der Waals surface area contributed by atoms with Crippen molar-refractivity contribution in [3.8, 4) is 11.5 Å². The summed E-state index contributed by atoms with van der Waals surface area (Å²) >= 11 is 0. The minimum absolute atomic E-state index is 0.00236. The third-order valence-corrected chi connectivity index (χ3v) is 5.32. The van der Waals surface area contributed by atoms with E-state index in [0.717, 1.165) is 4.09 Å². The van der Waals surface area contributed by atoms with Crippen molar-refractivity contribution < 1.29 is 22.7 Å². The first kappa shape index (κ1) is 17.0. The standard InChI is InChI=1S/C17H14N4O5S/c22-17(14-3-1-2-6-18-14)20-12-10-19-21(11-12)27(23,24)13-4-5-15-16(9-13)26-8-7-25-15/h1-6,9-11H,7-8H2,(H,20,22). The normalized spacial score (nSPS) is 13.2. The fraction of sp³-hybridized carbons (Fsp3) is 0.118. The molecular weight excluding hydrogens is 372 g/mol. The highest BCUT2D eigenvalue weighted by atomic mass is 32.2. The number of nitrogens with one attached hydrogen (secondary N) is 1. The molecule has 0 fully saturated rings. The molecule has 1 aliphatic heterocycles. The van der Waals surface area contributed by atoms with Gasteiger partial charge in [0.15, 0.2) is 11.5 Å². The smallest absolute Gasteiger partial charge is 0.283 e. The number of ether oxygens (including phenoxy) is 2. The van der Waals surface area contributed by atoms with Gasteiger partial charge in [-0.05, 0) is 24.3 Å². The molecule has 3 heterocycles. The summed E-state index contributed by atoms with van der Waals surface area (Å²) < 4.78 is 37.1. The van der Waals surface area contributed by atoms with Crippen LogP contribution in [-0.4, -0.2) is 41.7 Å². The number of amides is 1. The molecule has 10 heteroatoms. The third-order valence-electron chi connectivity index (χ3n) is 3.77. The predicted molar refractivity (Wildman–Crippen MR) is 94.4 cm³/mol. The summed E-state index contributed by atoms with van der Waals surface area (Å²) in [6.07, 6.45) is 3.95. The molecule has 2 aromatic heterocycles. The van der Waals surface area contributed by atoms with Gasteiger partial charge in [-0.3, -0.25) is 9.78 Å². The van der Waals surface area contributed by atoms with E-state index in [0.29, 0.717) is 24.7 Å². The fourth-order valence-corrected chi connectivity index (χ4v) is 3.62. The van der Waals surface area contributed by atoms with Crippen molar-refractivity contribution in [1.82, 2.24) is 14.2 Å². The summed E-state index contributed by atoms with van der Waals surface area (Å²) in [6, 6.07) is 9.25. The average Bonchev–Trinajstić information content (AvgIpc) is 3.17. The summed E-state index contributed by atoms with van der Waals surface area (Å²) in [7, 11) is -3.95. The Balaban J connectivity index is 1.58. The van der Waals surface area contributed by atoms with E-state index in [2.05, 4.69) is 15.4 Å². The number of rotatable bonds is 4. The Morgan fingerprint density at radius 3 is 2.70 bits per heavy atom. The molecule has 0 radical (unpaired) electrons. The number of aromatic nitrogens is 3. The molecule has 0 saturated heterocycles. The molecule has 4 rings (SSSR count). The second-order valence-corrected chi connectivity index (χ2v) is 7.38. The third kappa shape index (κ3) is 3.34. The van der Waals surface area contributed by atoms with Crippen LogP contribution in [0.4, 0.5) is 5.69 Å². The lowest BCUT2D eigenvalue weighted by Crippen LogP contribution is -2.17. The molecular formula is C17H14N4O5S. The number of pyridine rings is 1. The van der Waals surface area contributed by atoms with Crippen molar-refractivity contribution in [3.05, 3.63) is 60.7 Å². The minimum atomic E-state index is -3.95. The summed E-state index contributed by atoms with van der Waals surface area (Å²) in [5.74, 6) is 0.383. The monoisotopic (exact) mass is 386 g/mol. The van der Waals surface area contributed by atoms with Crippen LogP contribution in [0.5, 0.6) is 11.5 Å². The van der Waals surface area contributed by atoms with Crippen molar-refractivity contribution in [3.63, 3.8) is 0 Å². The Bertz CT molecular complexity index is 1100. The molecule has 27 heavy (non-hydrogen) atoms. The highest BCUT2D eigenvalue weighted by Crippen LogP contribution is 2.32. The molecule has 9 nitrogen and oxygen atoms in total. The summed E-state index contributed by atoms with van der Waals surface area (Å²) in [5, 5.41) is 6.40. The number of fused-ring (bicyclic) bond motifs is 1. The molecule has 0 unspecified atom stereocenters. The van der Waals surface area contributed by atoms with Gasteiger partial charge in [-0.15, -0.1) is 0 Å². The van der Waals surface area contributed by atoms with E-state index >= 15 is 0 Å². The maximum atomic E-state index is 12.8. The summed E-state index contributed by atoms with van der Waals surface area (Å²) in [5.41, 5.74) is 0.437. The number of carbonyl (C=O) groups excluding carboxylic acids is 1. The Morgan fingerprint density at radius 2 is 1.93 bits per heavy atom. The first-order valence-corrected chi connectivity index (χ1v) is 9.40. The van der Waals surface area contributed by atoms with Crippen LogP contribution in [0, 0.1) is 0 Å². The molecule has 138 valence electrons. The van der Waals surface area contributed by atoms with Crippen molar-refractivity contribution in [2.24, 2.45) is 0 Å². The van der Waals surface area contributed by atoms with Gasteiger partial charge in [-0.2, -0.15) is 17.6 Å². The van der Waals surface area contributed by atoms with Crippen molar-refractivity contribution in [2.45, 2.75) is 4.90 Å². The molecule has 0 bridgehead atoms. The van der Waals surface area contributed by atoms with Crippen molar-refractivity contribution >= 4 is 21.6 Å². The molecule has 0 spiro atoms. The maximum absolute atomic E-state index is 12.8. The Morgan fingerprint density at radius 1 is 1.11 bits per heavy atom. The van der Waals surface area contributed by atoms with E-state index in [1.807, 2.05) is 0 Å². The zero-order valence-electron chi connectivity index (χ0n) is 13.9. The topological polar surface area (TPSA) is 112 Å². The van der Waals surface area contributed by atoms with Gasteiger partial charge in [0.25, 0.3) is 15.9 Å². The van der Waals surface area contributed by atoms with E-state index < -0.39 is 15.9 Å². The second kappa shape index (κ2) is 6.72. The number of carbonyl (C=O) groups is 1. The number of nitrogens with zero attached hydrogens (tertiary/aromatic N) is 3. The summed E-state index contributed by atoms with van der Waals surface area (Å²) in [4.78, 5) is 16.0. The minimum Gasteiger partial charge on any atom is -0.486 e.